The number of aryl methyl sites for hydroxylation is 1. The molecule has 5 heteroatoms. The first kappa shape index (κ1) is 9.77. The van der Waals surface area contributed by atoms with Gasteiger partial charge in [-0.15, -0.1) is 0 Å². The molecule has 4 nitrogen and oxygen atoms in total. The predicted molar refractivity (Wildman–Crippen MR) is 60.8 cm³/mol. The van der Waals surface area contributed by atoms with Gasteiger partial charge >= 0.3 is 0 Å². The van der Waals surface area contributed by atoms with Crippen molar-refractivity contribution >= 4 is 13.4 Å². The highest BCUT2D eigenvalue weighted by Gasteiger charge is 2.06. The molecule has 2 heterocycles. The van der Waals surface area contributed by atoms with Gasteiger partial charge in [-0.3, -0.25) is 0 Å². The lowest BCUT2D eigenvalue weighted by Gasteiger charge is -2.08. The summed E-state index contributed by atoms with van der Waals surface area (Å²) in [4.78, 5) is 8.48. The van der Waals surface area contributed by atoms with Gasteiger partial charge in [0.15, 0.2) is 7.85 Å². The second-order valence-electron chi connectivity index (χ2n) is 3.40. The topological polar surface area (TPSA) is 39.9 Å². The zero-order chi connectivity index (χ0) is 10.8. The van der Waals surface area contributed by atoms with E-state index < -0.39 is 0 Å². The molecule has 0 spiro atoms. The van der Waals surface area contributed by atoms with Gasteiger partial charge < -0.3 is 9.30 Å². The Kier molecular flexibility index (Phi) is 2.45. The zero-order valence-electron chi connectivity index (χ0n) is 9.06. The minimum atomic E-state index is 0.618. The monoisotopic (exact) mass is 201 g/mol. The Morgan fingerprint density at radius 2 is 2.20 bits per heavy atom. The molecule has 2 aromatic heterocycles. The number of pyridine rings is 1. The van der Waals surface area contributed by atoms with E-state index >= 15 is 0 Å². The molecule has 76 valence electrons. The molecule has 0 amide bonds. The van der Waals surface area contributed by atoms with E-state index in [2.05, 4.69) is 9.97 Å². The summed E-state index contributed by atoms with van der Waals surface area (Å²) >= 11 is 0. The molecule has 0 unspecified atom stereocenters. The molecule has 0 bridgehead atoms. The standard InChI is InChI=1S/C10H12BN3O/c1-7-5-14(6-12-7)8-3-4-9(11)13-10(8)15-2/h3-6H,11H2,1-2H3. The molecule has 0 aliphatic heterocycles. The number of hydrogen-bond acceptors (Lipinski definition) is 3. The third kappa shape index (κ3) is 1.86. The van der Waals surface area contributed by atoms with Crippen LogP contribution in [0.25, 0.3) is 5.69 Å². The lowest BCUT2D eigenvalue weighted by atomic mass is 10.0. The van der Waals surface area contributed by atoms with Crippen LogP contribution in [0.5, 0.6) is 5.88 Å². The number of nitrogens with zero attached hydrogens (tertiary/aromatic N) is 3. The third-order valence-electron chi connectivity index (χ3n) is 2.16. The fraction of sp³-hybridized carbons (Fsp3) is 0.200. The van der Waals surface area contributed by atoms with Gasteiger partial charge in [0.05, 0.1) is 19.1 Å². The van der Waals surface area contributed by atoms with Crippen LogP contribution in [0.1, 0.15) is 5.69 Å². The van der Waals surface area contributed by atoms with E-state index in [4.69, 9.17) is 4.74 Å². The molecule has 0 radical (unpaired) electrons. The van der Waals surface area contributed by atoms with E-state index in [-0.39, 0.29) is 0 Å². The number of ether oxygens (including phenoxy) is 1. The van der Waals surface area contributed by atoms with Crippen molar-refractivity contribution < 1.29 is 4.74 Å². The van der Waals surface area contributed by atoms with Crippen molar-refractivity contribution in [3.8, 4) is 11.6 Å². The number of methoxy groups -OCH3 is 1. The minimum Gasteiger partial charge on any atom is -0.480 e. The Morgan fingerprint density at radius 1 is 1.40 bits per heavy atom. The highest BCUT2D eigenvalue weighted by molar-refractivity contribution is 6.30. The summed E-state index contributed by atoms with van der Waals surface area (Å²) in [7, 11) is 3.56. The van der Waals surface area contributed by atoms with Crippen LogP contribution in [0, 0.1) is 6.92 Å². The number of imidazole rings is 1. The molecule has 0 aliphatic rings. The maximum atomic E-state index is 5.23. The first-order valence-electron chi connectivity index (χ1n) is 4.73. The van der Waals surface area contributed by atoms with Crippen molar-refractivity contribution in [3.63, 3.8) is 0 Å². The summed E-state index contributed by atoms with van der Waals surface area (Å²) in [6.07, 6.45) is 3.69. The van der Waals surface area contributed by atoms with Gasteiger partial charge in [0, 0.05) is 6.20 Å². The maximum Gasteiger partial charge on any atom is 0.237 e. The Morgan fingerprint density at radius 3 is 2.80 bits per heavy atom. The van der Waals surface area contributed by atoms with Crippen LogP contribution in [-0.4, -0.2) is 29.5 Å². The molecule has 0 aromatic carbocycles. The molecule has 15 heavy (non-hydrogen) atoms. The van der Waals surface area contributed by atoms with Crippen LogP contribution in [-0.2, 0) is 0 Å². The summed E-state index contributed by atoms with van der Waals surface area (Å²) in [5.41, 5.74) is 2.81. The molecule has 0 saturated heterocycles. The van der Waals surface area contributed by atoms with Gasteiger partial charge in [0.1, 0.15) is 5.69 Å². The average Bonchev–Trinajstić information content (AvgIpc) is 2.64. The van der Waals surface area contributed by atoms with Gasteiger partial charge in [-0.05, 0) is 24.6 Å². The maximum absolute atomic E-state index is 5.23. The molecule has 0 saturated carbocycles. The van der Waals surface area contributed by atoms with Crippen LogP contribution in [0.15, 0.2) is 24.7 Å². The van der Waals surface area contributed by atoms with E-state index in [0.29, 0.717) is 5.88 Å². The van der Waals surface area contributed by atoms with Crippen LogP contribution in [0.2, 0.25) is 0 Å². The Labute approximate surface area is 89.3 Å². The van der Waals surface area contributed by atoms with E-state index in [1.807, 2.05) is 37.7 Å². The first-order chi connectivity index (χ1) is 7.20. The quantitative estimate of drug-likeness (QED) is 0.634. The molecule has 0 fully saturated rings. The lowest BCUT2D eigenvalue weighted by Crippen LogP contribution is -2.10. The summed E-state index contributed by atoms with van der Waals surface area (Å²) in [5.74, 6) is 0.618. The number of aromatic nitrogens is 3. The number of rotatable bonds is 2. The summed E-state index contributed by atoms with van der Waals surface area (Å²) in [6, 6.07) is 3.93. The Hall–Kier alpha value is -1.78. The normalized spacial score (nSPS) is 10.3. The first-order valence-corrected chi connectivity index (χ1v) is 4.73. The van der Waals surface area contributed by atoms with E-state index in [1.54, 1.807) is 13.4 Å². The van der Waals surface area contributed by atoms with Crippen molar-refractivity contribution in [3.05, 3.63) is 30.4 Å². The van der Waals surface area contributed by atoms with E-state index in [9.17, 15) is 0 Å². The molecule has 0 N–H and O–H groups in total. The van der Waals surface area contributed by atoms with Gasteiger partial charge in [-0.2, -0.15) is 0 Å². The highest BCUT2D eigenvalue weighted by Crippen LogP contribution is 2.17. The SMILES string of the molecule is Bc1ccc(-n2cnc(C)c2)c(OC)n1. The molecular formula is C10H12BN3O. The van der Waals surface area contributed by atoms with Gasteiger partial charge in [-0.25, -0.2) is 9.97 Å². The Balaban J connectivity index is 2.52. The molecular weight excluding hydrogens is 189 g/mol. The van der Waals surface area contributed by atoms with Crippen molar-refractivity contribution in [1.82, 2.24) is 14.5 Å². The second kappa shape index (κ2) is 3.77. The fourth-order valence-corrected chi connectivity index (χ4v) is 1.43. The number of hydrogen-bond donors (Lipinski definition) is 0. The molecule has 2 rings (SSSR count). The van der Waals surface area contributed by atoms with Crippen molar-refractivity contribution in [2.24, 2.45) is 0 Å². The van der Waals surface area contributed by atoms with E-state index in [0.717, 1.165) is 17.0 Å². The summed E-state index contributed by atoms with van der Waals surface area (Å²) in [6.45, 7) is 1.95. The van der Waals surface area contributed by atoms with Gasteiger partial charge in [-0.1, -0.05) is 0 Å². The predicted octanol–water partition coefficient (Wildman–Crippen LogP) is -0.157. The van der Waals surface area contributed by atoms with Crippen LogP contribution in [0.3, 0.4) is 0 Å². The fourth-order valence-electron chi connectivity index (χ4n) is 1.43. The van der Waals surface area contributed by atoms with Crippen molar-refractivity contribution in [1.29, 1.82) is 0 Å². The largest absolute Gasteiger partial charge is 0.480 e. The van der Waals surface area contributed by atoms with E-state index in [1.165, 1.54) is 0 Å². The molecule has 2 aromatic rings. The highest BCUT2D eigenvalue weighted by atomic mass is 16.5. The summed E-state index contributed by atoms with van der Waals surface area (Å²) in [5, 5.41) is 0. The van der Waals surface area contributed by atoms with Gasteiger partial charge in [0.2, 0.25) is 5.88 Å². The molecule has 0 atom stereocenters. The Bertz CT molecular complexity index is 481. The van der Waals surface area contributed by atoms with Gasteiger partial charge in [0.25, 0.3) is 0 Å². The minimum absolute atomic E-state index is 0.618. The van der Waals surface area contributed by atoms with Crippen molar-refractivity contribution in [2.45, 2.75) is 6.92 Å². The zero-order valence-corrected chi connectivity index (χ0v) is 9.06. The van der Waals surface area contributed by atoms with Crippen molar-refractivity contribution in [2.75, 3.05) is 7.11 Å². The summed E-state index contributed by atoms with van der Waals surface area (Å²) < 4.78 is 7.13. The average molecular weight is 201 g/mol. The lowest BCUT2D eigenvalue weighted by molar-refractivity contribution is 0.397. The second-order valence-corrected chi connectivity index (χ2v) is 3.40. The smallest absolute Gasteiger partial charge is 0.237 e. The van der Waals surface area contributed by atoms with Crippen LogP contribution >= 0.6 is 0 Å². The molecule has 0 aliphatic carbocycles. The third-order valence-corrected chi connectivity index (χ3v) is 2.16. The van der Waals surface area contributed by atoms with Crippen LogP contribution in [0.4, 0.5) is 0 Å². The van der Waals surface area contributed by atoms with Crippen LogP contribution < -0.4 is 10.3 Å².